The van der Waals surface area contributed by atoms with Gasteiger partial charge in [0.1, 0.15) is 17.7 Å². The molecule has 4 N–H and O–H groups in total. The number of nitrogens with one attached hydrogen (secondary N) is 2. The number of hydrogen-bond donors (Lipinski definition) is 3. The first-order valence-electron chi connectivity index (χ1n) is 12.9. The molecule has 9 heteroatoms. The molecule has 0 heterocycles. The number of nitrogens with zero attached hydrogens (tertiary/aromatic N) is 1. The number of ether oxygens (including phenoxy) is 1. The first-order valence-corrected chi connectivity index (χ1v) is 12.9. The predicted molar refractivity (Wildman–Crippen MR) is 145 cm³/mol. The van der Waals surface area contributed by atoms with Gasteiger partial charge in [-0.25, -0.2) is 4.79 Å². The lowest BCUT2D eigenvalue weighted by atomic mass is 10.0. The second-order valence-corrected chi connectivity index (χ2v) is 10.8. The molecule has 0 spiro atoms. The van der Waals surface area contributed by atoms with Crippen molar-refractivity contribution < 1.29 is 23.9 Å². The van der Waals surface area contributed by atoms with E-state index < -0.39 is 35.6 Å². The summed E-state index contributed by atoms with van der Waals surface area (Å²) in [7, 11) is 0. The quantitative estimate of drug-likeness (QED) is 0.433. The fourth-order valence-electron chi connectivity index (χ4n) is 4.33. The van der Waals surface area contributed by atoms with Gasteiger partial charge in [-0.1, -0.05) is 55.5 Å². The van der Waals surface area contributed by atoms with E-state index in [1.807, 2.05) is 50.2 Å². The minimum Gasteiger partial charge on any atom is -0.444 e. The first-order chi connectivity index (χ1) is 17.9. The summed E-state index contributed by atoms with van der Waals surface area (Å²) >= 11 is 0. The van der Waals surface area contributed by atoms with Crippen LogP contribution >= 0.6 is 0 Å². The van der Waals surface area contributed by atoms with Gasteiger partial charge in [0.05, 0.1) is 0 Å². The van der Waals surface area contributed by atoms with Crippen LogP contribution in [-0.4, -0.2) is 46.4 Å². The van der Waals surface area contributed by atoms with Crippen LogP contribution < -0.4 is 16.4 Å². The number of rotatable bonds is 10. The van der Waals surface area contributed by atoms with Crippen molar-refractivity contribution in [1.82, 2.24) is 10.2 Å². The molecule has 38 heavy (non-hydrogen) atoms. The highest BCUT2D eigenvalue weighted by atomic mass is 16.6. The number of para-hydroxylation sites is 1. The number of primary amides is 1. The van der Waals surface area contributed by atoms with Crippen LogP contribution in [0, 0.1) is 12.8 Å². The molecular formula is C29H38N4O5. The van der Waals surface area contributed by atoms with Crippen molar-refractivity contribution in [3.8, 4) is 0 Å². The van der Waals surface area contributed by atoms with Crippen LogP contribution in [0.4, 0.5) is 10.5 Å². The van der Waals surface area contributed by atoms with E-state index in [1.54, 1.807) is 43.9 Å². The van der Waals surface area contributed by atoms with Crippen molar-refractivity contribution in [2.24, 2.45) is 11.7 Å². The van der Waals surface area contributed by atoms with E-state index in [1.165, 1.54) is 0 Å². The molecule has 9 nitrogen and oxygen atoms in total. The summed E-state index contributed by atoms with van der Waals surface area (Å²) in [5.41, 5.74) is 6.75. The summed E-state index contributed by atoms with van der Waals surface area (Å²) in [4.78, 5) is 53.8. The zero-order valence-electron chi connectivity index (χ0n) is 22.7. The third-order valence-corrected chi connectivity index (χ3v) is 6.39. The Morgan fingerprint density at radius 3 is 2.21 bits per heavy atom. The van der Waals surface area contributed by atoms with Crippen LogP contribution in [0.15, 0.2) is 54.6 Å². The van der Waals surface area contributed by atoms with Crippen LogP contribution in [0.2, 0.25) is 0 Å². The Balaban J connectivity index is 2.00. The van der Waals surface area contributed by atoms with Gasteiger partial charge in [0.15, 0.2) is 0 Å². The number of anilines is 1. The lowest BCUT2D eigenvalue weighted by Gasteiger charge is -2.35. The molecule has 0 radical (unpaired) electrons. The van der Waals surface area contributed by atoms with E-state index >= 15 is 0 Å². The number of carbonyl (C=O) groups excluding carboxylic acids is 4. The Morgan fingerprint density at radius 2 is 1.66 bits per heavy atom. The lowest BCUT2D eigenvalue weighted by Crippen LogP contribution is -2.53. The van der Waals surface area contributed by atoms with Crippen LogP contribution in [-0.2, 0) is 19.1 Å². The van der Waals surface area contributed by atoms with E-state index in [0.29, 0.717) is 17.7 Å². The van der Waals surface area contributed by atoms with Gasteiger partial charge in [0.25, 0.3) is 5.91 Å². The third kappa shape index (κ3) is 7.81. The zero-order valence-corrected chi connectivity index (χ0v) is 22.7. The fourth-order valence-corrected chi connectivity index (χ4v) is 4.33. The van der Waals surface area contributed by atoms with Gasteiger partial charge < -0.3 is 26.0 Å². The van der Waals surface area contributed by atoms with E-state index in [0.717, 1.165) is 5.56 Å². The standard InChI is InChI=1S/C29H38N4O5/c1-18-11-9-10-14-21(18)31-26(35)25(20-12-7-6-8-13-20)33(23-17-19(23)2)27(36)22(15-16-24(30)34)32-28(37)38-29(3,4)5/h6-14,19,22-23,25H,15-17H2,1-5H3,(H2,30,34)(H,31,35)(H,32,37). The second kappa shape index (κ2) is 12.1. The van der Waals surface area contributed by atoms with Crippen LogP contribution in [0.3, 0.4) is 0 Å². The van der Waals surface area contributed by atoms with Gasteiger partial charge >= 0.3 is 6.09 Å². The zero-order chi connectivity index (χ0) is 28.0. The number of aryl methyl sites for hydroxylation is 1. The van der Waals surface area contributed by atoms with Crippen molar-refractivity contribution >= 4 is 29.5 Å². The number of carbonyl (C=O) groups is 4. The number of amides is 4. The highest BCUT2D eigenvalue weighted by Gasteiger charge is 2.48. The molecule has 0 aromatic heterocycles. The van der Waals surface area contributed by atoms with Crippen LogP contribution in [0.5, 0.6) is 0 Å². The number of nitrogens with two attached hydrogens (primary N) is 1. The van der Waals surface area contributed by atoms with Crippen molar-refractivity contribution in [1.29, 1.82) is 0 Å². The van der Waals surface area contributed by atoms with Gasteiger partial charge in [-0.3, -0.25) is 14.4 Å². The molecule has 4 amide bonds. The summed E-state index contributed by atoms with van der Waals surface area (Å²) in [6.45, 7) is 9.04. The SMILES string of the molecule is Cc1ccccc1NC(=O)C(c1ccccc1)N(C(=O)C(CCC(N)=O)NC(=O)OC(C)(C)C)C1CC1C. The lowest BCUT2D eigenvalue weighted by molar-refractivity contribution is -0.142. The molecule has 1 aliphatic rings. The van der Waals surface area contributed by atoms with Crippen molar-refractivity contribution in [3.63, 3.8) is 0 Å². The molecule has 4 atom stereocenters. The highest BCUT2D eigenvalue weighted by Crippen LogP contribution is 2.41. The van der Waals surface area contributed by atoms with Crippen molar-refractivity contribution in [2.75, 3.05) is 5.32 Å². The normalized spacial score (nSPS) is 18.0. The van der Waals surface area contributed by atoms with Crippen molar-refractivity contribution in [2.45, 2.75) is 77.6 Å². The van der Waals surface area contributed by atoms with Gasteiger partial charge in [0, 0.05) is 18.2 Å². The monoisotopic (exact) mass is 522 g/mol. The molecule has 0 saturated heterocycles. The molecule has 4 unspecified atom stereocenters. The molecule has 2 aromatic carbocycles. The molecular weight excluding hydrogens is 484 g/mol. The highest BCUT2D eigenvalue weighted by molar-refractivity contribution is 5.99. The van der Waals surface area contributed by atoms with Gasteiger partial charge in [0.2, 0.25) is 11.8 Å². The summed E-state index contributed by atoms with van der Waals surface area (Å²) < 4.78 is 5.37. The topological polar surface area (TPSA) is 131 Å². The minimum absolute atomic E-state index is 0.0219. The summed E-state index contributed by atoms with van der Waals surface area (Å²) in [5.74, 6) is -1.28. The molecule has 0 aliphatic heterocycles. The smallest absolute Gasteiger partial charge is 0.408 e. The third-order valence-electron chi connectivity index (χ3n) is 6.39. The number of benzene rings is 2. The molecule has 3 rings (SSSR count). The summed E-state index contributed by atoms with van der Waals surface area (Å²) in [5, 5.41) is 5.60. The molecule has 1 aliphatic carbocycles. The first kappa shape index (κ1) is 28.7. The summed E-state index contributed by atoms with van der Waals surface area (Å²) in [6.07, 6.45) is -0.219. The Morgan fingerprint density at radius 1 is 1.05 bits per heavy atom. The second-order valence-electron chi connectivity index (χ2n) is 10.8. The van der Waals surface area contributed by atoms with Crippen LogP contribution in [0.25, 0.3) is 0 Å². The fraction of sp³-hybridized carbons (Fsp3) is 0.448. The molecule has 2 aromatic rings. The Labute approximate surface area is 224 Å². The van der Waals surface area contributed by atoms with E-state index in [2.05, 4.69) is 10.6 Å². The maximum absolute atomic E-state index is 14.1. The maximum Gasteiger partial charge on any atom is 0.408 e. The van der Waals surface area contributed by atoms with E-state index in [9.17, 15) is 19.2 Å². The van der Waals surface area contributed by atoms with E-state index in [-0.39, 0.29) is 30.7 Å². The molecule has 0 bridgehead atoms. The minimum atomic E-state index is -1.11. The maximum atomic E-state index is 14.1. The Bertz CT molecular complexity index is 1160. The Hall–Kier alpha value is -3.88. The van der Waals surface area contributed by atoms with Gasteiger partial charge in [-0.05, 0) is 63.6 Å². The van der Waals surface area contributed by atoms with E-state index in [4.69, 9.17) is 10.5 Å². The Kier molecular flexibility index (Phi) is 9.14. The molecule has 204 valence electrons. The number of hydrogen-bond acceptors (Lipinski definition) is 5. The average molecular weight is 523 g/mol. The van der Waals surface area contributed by atoms with Crippen LogP contribution in [0.1, 0.15) is 64.1 Å². The average Bonchev–Trinajstić information content (AvgIpc) is 3.56. The molecule has 1 fully saturated rings. The van der Waals surface area contributed by atoms with Crippen molar-refractivity contribution in [3.05, 3.63) is 65.7 Å². The summed E-state index contributed by atoms with van der Waals surface area (Å²) in [6, 6.07) is 14.2. The predicted octanol–water partition coefficient (Wildman–Crippen LogP) is 4.07. The van der Waals surface area contributed by atoms with Gasteiger partial charge in [-0.15, -0.1) is 0 Å². The molecule has 1 saturated carbocycles. The largest absolute Gasteiger partial charge is 0.444 e. The van der Waals surface area contributed by atoms with Gasteiger partial charge in [-0.2, -0.15) is 0 Å². The number of alkyl carbamates (subject to hydrolysis) is 1.